The zero-order valence-corrected chi connectivity index (χ0v) is 14.4. The maximum atomic E-state index is 13.5. The van der Waals surface area contributed by atoms with Crippen LogP contribution in [0.2, 0.25) is 0 Å². The third-order valence-corrected chi connectivity index (χ3v) is 4.55. The summed E-state index contributed by atoms with van der Waals surface area (Å²) >= 11 is 0. The van der Waals surface area contributed by atoms with Crippen molar-refractivity contribution in [1.29, 1.82) is 0 Å². The Balaban J connectivity index is 0.00000208. The number of hydrogen-bond donors (Lipinski definition) is 2. The molecule has 134 valence electrons. The fourth-order valence-electron chi connectivity index (χ4n) is 2.94. The topological polar surface area (TPSA) is 44.4 Å². The van der Waals surface area contributed by atoms with Gasteiger partial charge in [0.15, 0.2) is 0 Å². The van der Waals surface area contributed by atoms with Crippen molar-refractivity contribution >= 4 is 24.0 Å². The number of likely N-dealkylation sites (tertiary alicyclic amines) is 1. The van der Waals surface area contributed by atoms with Gasteiger partial charge in [-0.1, -0.05) is 0 Å². The molecule has 1 heterocycles. The highest BCUT2D eigenvalue weighted by Gasteiger charge is 2.25. The van der Waals surface area contributed by atoms with Crippen LogP contribution in [0.25, 0.3) is 0 Å². The molecule has 4 nitrogen and oxygen atoms in total. The van der Waals surface area contributed by atoms with Crippen LogP contribution in [0, 0.1) is 17.6 Å². The number of rotatable bonds is 6. The van der Waals surface area contributed by atoms with Gasteiger partial charge in [-0.05, 0) is 50.3 Å². The molecule has 0 radical (unpaired) electrons. The van der Waals surface area contributed by atoms with Crippen molar-refractivity contribution in [2.24, 2.45) is 5.92 Å². The molecule has 1 amide bonds. The number of anilines is 1. The predicted molar refractivity (Wildman–Crippen MR) is 92.4 cm³/mol. The summed E-state index contributed by atoms with van der Waals surface area (Å²) in [5.74, 6) is -0.620. The number of amides is 1. The van der Waals surface area contributed by atoms with Crippen LogP contribution in [0.1, 0.15) is 25.7 Å². The van der Waals surface area contributed by atoms with Crippen LogP contribution in [0.15, 0.2) is 18.2 Å². The van der Waals surface area contributed by atoms with Crippen LogP contribution in [-0.4, -0.2) is 43.0 Å². The van der Waals surface area contributed by atoms with E-state index >= 15 is 0 Å². The Hall–Kier alpha value is -1.24. The van der Waals surface area contributed by atoms with E-state index in [-0.39, 0.29) is 30.5 Å². The third kappa shape index (κ3) is 5.69. The second kappa shape index (κ2) is 8.74. The standard InChI is InChI=1S/C17H23F2N3O.ClH/c18-13-3-4-15(19)16(9-13)21-17(23)11-22-7-5-14(6-8-22)20-10-12-1-2-12;/h3-4,9,12,14,20H,1-2,5-8,10-11H2,(H,21,23);1H. The highest BCUT2D eigenvalue weighted by molar-refractivity contribution is 5.92. The molecule has 3 rings (SSSR count). The number of nitrogens with zero attached hydrogens (tertiary/aromatic N) is 1. The van der Waals surface area contributed by atoms with Gasteiger partial charge in [-0.25, -0.2) is 8.78 Å². The van der Waals surface area contributed by atoms with Crippen LogP contribution in [0.4, 0.5) is 14.5 Å². The fourth-order valence-corrected chi connectivity index (χ4v) is 2.94. The molecule has 1 aromatic rings. The molecule has 2 aliphatic rings. The van der Waals surface area contributed by atoms with Crippen molar-refractivity contribution in [3.63, 3.8) is 0 Å². The largest absolute Gasteiger partial charge is 0.322 e. The molecule has 1 aromatic carbocycles. The molecule has 0 atom stereocenters. The van der Waals surface area contributed by atoms with Gasteiger partial charge < -0.3 is 10.6 Å². The molecule has 0 spiro atoms. The van der Waals surface area contributed by atoms with Gasteiger partial charge in [-0.2, -0.15) is 0 Å². The summed E-state index contributed by atoms with van der Waals surface area (Å²) in [7, 11) is 0. The average Bonchev–Trinajstić information content (AvgIpc) is 3.34. The summed E-state index contributed by atoms with van der Waals surface area (Å²) < 4.78 is 26.6. The number of carbonyl (C=O) groups is 1. The Morgan fingerprint density at radius 1 is 1.17 bits per heavy atom. The lowest BCUT2D eigenvalue weighted by molar-refractivity contribution is -0.117. The maximum Gasteiger partial charge on any atom is 0.238 e. The Labute approximate surface area is 147 Å². The van der Waals surface area contributed by atoms with E-state index in [2.05, 4.69) is 15.5 Å². The summed E-state index contributed by atoms with van der Waals surface area (Å²) in [4.78, 5) is 14.0. The number of benzene rings is 1. The Bertz CT molecular complexity index is 561. The third-order valence-electron chi connectivity index (χ3n) is 4.55. The molecular formula is C17H24ClF2N3O. The maximum absolute atomic E-state index is 13.5. The van der Waals surface area contributed by atoms with Crippen molar-refractivity contribution in [2.45, 2.75) is 31.7 Å². The van der Waals surface area contributed by atoms with Gasteiger partial charge in [0, 0.05) is 25.2 Å². The number of carbonyl (C=O) groups excluding carboxylic acids is 1. The van der Waals surface area contributed by atoms with Crippen molar-refractivity contribution in [2.75, 3.05) is 31.5 Å². The molecule has 0 bridgehead atoms. The van der Waals surface area contributed by atoms with Crippen molar-refractivity contribution in [3.05, 3.63) is 29.8 Å². The first-order valence-electron chi connectivity index (χ1n) is 8.31. The Morgan fingerprint density at radius 2 is 1.88 bits per heavy atom. The first-order valence-corrected chi connectivity index (χ1v) is 8.31. The van der Waals surface area contributed by atoms with Crippen LogP contribution < -0.4 is 10.6 Å². The highest BCUT2D eigenvalue weighted by Crippen LogP contribution is 2.28. The molecule has 0 unspecified atom stereocenters. The van der Waals surface area contributed by atoms with E-state index in [9.17, 15) is 13.6 Å². The quantitative estimate of drug-likeness (QED) is 0.821. The Morgan fingerprint density at radius 3 is 2.54 bits per heavy atom. The van der Waals surface area contributed by atoms with Crippen LogP contribution in [0.3, 0.4) is 0 Å². The van der Waals surface area contributed by atoms with Gasteiger partial charge in [0.05, 0.1) is 12.2 Å². The molecule has 1 saturated heterocycles. The van der Waals surface area contributed by atoms with Crippen molar-refractivity contribution in [1.82, 2.24) is 10.2 Å². The van der Waals surface area contributed by atoms with E-state index in [4.69, 9.17) is 0 Å². The van der Waals surface area contributed by atoms with Gasteiger partial charge in [0.25, 0.3) is 0 Å². The van der Waals surface area contributed by atoms with Crippen LogP contribution in [0.5, 0.6) is 0 Å². The van der Waals surface area contributed by atoms with Crippen LogP contribution in [-0.2, 0) is 4.79 Å². The fraction of sp³-hybridized carbons (Fsp3) is 0.588. The first kappa shape index (κ1) is 19.1. The zero-order chi connectivity index (χ0) is 16.2. The lowest BCUT2D eigenvalue weighted by atomic mass is 10.0. The number of hydrogen-bond acceptors (Lipinski definition) is 3. The first-order chi connectivity index (χ1) is 11.1. The van der Waals surface area contributed by atoms with E-state index in [1.54, 1.807) is 0 Å². The lowest BCUT2D eigenvalue weighted by Gasteiger charge is -2.32. The minimum atomic E-state index is -0.622. The number of halogens is 3. The molecule has 1 aliphatic carbocycles. The van der Waals surface area contributed by atoms with Gasteiger partial charge in [-0.3, -0.25) is 9.69 Å². The average molecular weight is 360 g/mol. The van der Waals surface area contributed by atoms with Gasteiger partial charge >= 0.3 is 0 Å². The lowest BCUT2D eigenvalue weighted by Crippen LogP contribution is -2.45. The summed E-state index contributed by atoms with van der Waals surface area (Å²) in [6.45, 7) is 3.03. The molecular weight excluding hydrogens is 336 g/mol. The summed E-state index contributed by atoms with van der Waals surface area (Å²) in [5, 5.41) is 6.04. The molecule has 1 aliphatic heterocycles. The van der Waals surface area contributed by atoms with E-state index in [0.717, 1.165) is 56.6 Å². The number of nitrogens with one attached hydrogen (secondary N) is 2. The van der Waals surface area contributed by atoms with Crippen molar-refractivity contribution in [3.8, 4) is 0 Å². The van der Waals surface area contributed by atoms with Crippen molar-refractivity contribution < 1.29 is 13.6 Å². The highest BCUT2D eigenvalue weighted by atomic mass is 35.5. The molecule has 0 aromatic heterocycles. The van der Waals surface area contributed by atoms with Crippen LogP contribution >= 0.6 is 12.4 Å². The second-order valence-electron chi connectivity index (χ2n) is 6.57. The summed E-state index contributed by atoms with van der Waals surface area (Å²) in [6, 6.07) is 3.59. The zero-order valence-electron chi connectivity index (χ0n) is 13.6. The molecule has 2 N–H and O–H groups in total. The van der Waals surface area contributed by atoms with Gasteiger partial charge in [0.2, 0.25) is 5.91 Å². The second-order valence-corrected chi connectivity index (χ2v) is 6.57. The normalized spacial score (nSPS) is 18.9. The molecule has 2 fully saturated rings. The molecule has 24 heavy (non-hydrogen) atoms. The number of piperidine rings is 1. The summed E-state index contributed by atoms with van der Waals surface area (Å²) in [6.07, 6.45) is 4.74. The molecule has 7 heteroatoms. The minimum absolute atomic E-state index is 0. The van der Waals surface area contributed by atoms with E-state index in [1.807, 2.05) is 0 Å². The minimum Gasteiger partial charge on any atom is -0.322 e. The predicted octanol–water partition coefficient (Wildman–Crippen LogP) is 2.79. The van der Waals surface area contributed by atoms with Gasteiger partial charge in [0.1, 0.15) is 11.6 Å². The Kier molecular flexibility index (Phi) is 6.95. The van der Waals surface area contributed by atoms with E-state index < -0.39 is 11.6 Å². The summed E-state index contributed by atoms with van der Waals surface area (Å²) in [5.41, 5.74) is -0.101. The monoisotopic (exact) mass is 359 g/mol. The smallest absolute Gasteiger partial charge is 0.238 e. The van der Waals surface area contributed by atoms with E-state index in [0.29, 0.717) is 6.04 Å². The van der Waals surface area contributed by atoms with Gasteiger partial charge in [-0.15, -0.1) is 12.4 Å². The molecule has 1 saturated carbocycles. The SMILES string of the molecule is Cl.O=C(CN1CCC(NCC2CC2)CC1)Nc1cc(F)ccc1F. The van der Waals surface area contributed by atoms with E-state index in [1.165, 1.54) is 12.8 Å².